The highest BCUT2D eigenvalue weighted by atomic mass is 16.1. The van der Waals surface area contributed by atoms with Gasteiger partial charge in [-0.15, -0.1) is 0 Å². The molecule has 5 nitrogen and oxygen atoms in total. The van der Waals surface area contributed by atoms with Crippen LogP contribution >= 0.6 is 0 Å². The SMILES string of the molecule is O=C(Cc1nncc2c1CCCC2)NCCC1CCN(Cc2ccccc2)CC1. The number of hydrogen-bond acceptors (Lipinski definition) is 4. The van der Waals surface area contributed by atoms with Crippen LogP contribution in [0.1, 0.15) is 54.5 Å². The van der Waals surface area contributed by atoms with Gasteiger partial charge in [0.25, 0.3) is 0 Å². The zero-order valence-corrected chi connectivity index (χ0v) is 17.3. The molecule has 29 heavy (non-hydrogen) atoms. The van der Waals surface area contributed by atoms with Gasteiger partial charge in [-0.2, -0.15) is 10.2 Å². The van der Waals surface area contributed by atoms with Crippen molar-refractivity contribution >= 4 is 5.91 Å². The number of amides is 1. The van der Waals surface area contributed by atoms with Crippen molar-refractivity contribution < 1.29 is 4.79 Å². The summed E-state index contributed by atoms with van der Waals surface area (Å²) >= 11 is 0. The van der Waals surface area contributed by atoms with E-state index in [1.165, 1.54) is 42.4 Å². The number of nitrogens with zero attached hydrogens (tertiary/aromatic N) is 3. The van der Waals surface area contributed by atoms with Crippen LogP contribution in [-0.4, -0.2) is 40.6 Å². The third-order valence-electron chi connectivity index (χ3n) is 6.41. The smallest absolute Gasteiger partial charge is 0.226 e. The minimum absolute atomic E-state index is 0.0831. The molecule has 2 heterocycles. The van der Waals surface area contributed by atoms with E-state index in [9.17, 15) is 4.79 Å². The number of aromatic nitrogens is 2. The van der Waals surface area contributed by atoms with Crippen LogP contribution in [0.25, 0.3) is 0 Å². The van der Waals surface area contributed by atoms with Crippen molar-refractivity contribution in [2.75, 3.05) is 19.6 Å². The van der Waals surface area contributed by atoms with Crippen LogP contribution in [0.5, 0.6) is 0 Å². The first-order valence-electron chi connectivity index (χ1n) is 11.1. The van der Waals surface area contributed by atoms with Crippen molar-refractivity contribution in [2.24, 2.45) is 5.92 Å². The Morgan fingerprint density at radius 2 is 1.90 bits per heavy atom. The number of likely N-dealkylation sites (tertiary alicyclic amines) is 1. The first kappa shape index (κ1) is 20.0. The summed E-state index contributed by atoms with van der Waals surface area (Å²) < 4.78 is 0. The lowest BCUT2D eigenvalue weighted by atomic mass is 9.91. The normalized spacial score (nSPS) is 17.7. The molecule has 1 aliphatic carbocycles. The van der Waals surface area contributed by atoms with E-state index in [4.69, 9.17) is 0 Å². The summed E-state index contributed by atoms with van der Waals surface area (Å²) in [6, 6.07) is 10.7. The van der Waals surface area contributed by atoms with E-state index >= 15 is 0 Å². The third kappa shape index (κ3) is 5.63. The van der Waals surface area contributed by atoms with Gasteiger partial charge in [-0.25, -0.2) is 0 Å². The number of rotatable bonds is 7. The number of carbonyl (C=O) groups is 1. The van der Waals surface area contributed by atoms with Crippen molar-refractivity contribution in [3.8, 4) is 0 Å². The highest BCUT2D eigenvalue weighted by Crippen LogP contribution is 2.23. The van der Waals surface area contributed by atoms with Crippen molar-refractivity contribution in [2.45, 2.75) is 57.9 Å². The lowest BCUT2D eigenvalue weighted by Gasteiger charge is -2.32. The molecular weight excluding hydrogens is 360 g/mol. The Morgan fingerprint density at radius 1 is 1.10 bits per heavy atom. The number of fused-ring (bicyclic) bond motifs is 1. The molecule has 5 heteroatoms. The number of nitrogens with one attached hydrogen (secondary N) is 1. The average molecular weight is 393 g/mol. The monoisotopic (exact) mass is 392 g/mol. The van der Waals surface area contributed by atoms with E-state index in [2.05, 4.69) is 50.7 Å². The molecule has 2 aliphatic rings. The quantitative estimate of drug-likeness (QED) is 0.785. The molecule has 0 spiro atoms. The predicted octanol–water partition coefficient (Wildman–Crippen LogP) is 3.32. The first-order chi connectivity index (χ1) is 14.3. The van der Waals surface area contributed by atoms with Crippen molar-refractivity contribution in [1.82, 2.24) is 20.4 Å². The second-order valence-electron chi connectivity index (χ2n) is 8.52. The molecule has 4 rings (SSSR count). The molecule has 1 aliphatic heterocycles. The molecule has 1 saturated heterocycles. The highest BCUT2D eigenvalue weighted by Gasteiger charge is 2.20. The van der Waals surface area contributed by atoms with Gasteiger partial charge < -0.3 is 5.32 Å². The standard InChI is InChI=1S/C24H32N4O/c29-24(16-23-22-9-5-4-8-21(22)17-26-27-23)25-13-10-19-11-14-28(15-12-19)18-20-6-2-1-3-7-20/h1-3,6-7,17,19H,4-5,8-16,18H2,(H,25,29). The largest absolute Gasteiger partial charge is 0.356 e. The fourth-order valence-electron chi connectivity index (χ4n) is 4.68. The van der Waals surface area contributed by atoms with E-state index < -0.39 is 0 Å². The summed E-state index contributed by atoms with van der Waals surface area (Å²) in [6.07, 6.45) is 10.3. The molecule has 1 N–H and O–H groups in total. The molecule has 0 radical (unpaired) electrons. The molecular formula is C24H32N4O. The van der Waals surface area contributed by atoms with Gasteiger partial charge in [-0.3, -0.25) is 9.69 Å². The lowest BCUT2D eigenvalue weighted by molar-refractivity contribution is -0.120. The maximum atomic E-state index is 12.4. The second kappa shape index (κ2) is 9.97. The van der Waals surface area contributed by atoms with Crippen LogP contribution in [0.4, 0.5) is 0 Å². The molecule has 1 aromatic heterocycles. The van der Waals surface area contributed by atoms with Gasteiger partial charge in [0.2, 0.25) is 5.91 Å². The van der Waals surface area contributed by atoms with Gasteiger partial charge in [0, 0.05) is 13.1 Å². The third-order valence-corrected chi connectivity index (χ3v) is 6.41. The summed E-state index contributed by atoms with van der Waals surface area (Å²) in [5, 5.41) is 11.5. The summed E-state index contributed by atoms with van der Waals surface area (Å²) in [5.41, 5.74) is 4.84. The van der Waals surface area contributed by atoms with Crippen LogP contribution in [-0.2, 0) is 30.6 Å². The number of carbonyl (C=O) groups excluding carboxylic acids is 1. The van der Waals surface area contributed by atoms with Gasteiger partial charge in [-0.05, 0) is 80.6 Å². The highest BCUT2D eigenvalue weighted by molar-refractivity contribution is 5.78. The molecule has 154 valence electrons. The van der Waals surface area contributed by atoms with E-state index in [0.717, 1.165) is 51.1 Å². The Bertz CT molecular complexity index is 800. The number of hydrogen-bond donors (Lipinski definition) is 1. The Hall–Kier alpha value is -2.27. The van der Waals surface area contributed by atoms with Crippen molar-refractivity contribution in [1.29, 1.82) is 0 Å². The van der Waals surface area contributed by atoms with Crippen LogP contribution in [0, 0.1) is 5.92 Å². The summed E-state index contributed by atoms with van der Waals surface area (Å²) in [4.78, 5) is 15.0. The summed E-state index contributed by atoms with van der Waals surface area (Å²) in [6.45, 7) is 4.12. The average Bonchev–Trinajstić information content (AvgIpc) is 2.76. The molecule has 0 atom stereocenters. The van der Waals surface area contributed by atoms with E-state index in [0.29, 0.717) is 12.3 Å². The van der Waals surface area contributed by atoms with Gasteiger partial charge >= 0.3 is 0 Å². The summed E-state index contributed by atoms with van der Waals surface area (Å²) in [7, 11) is 0. The Morgan fingerprint density at radius 3 is 2.72 bits per heavy atom. The predicted molar refractivity (Wildman–Crippen MR) is 114 cm³/mol. The molecule has 0 unspecified atom stereocenters. The van der Waals surface area contributed by atoms with E-state index in [-0.39, 0.29) is 5.91 Å². The van der Waals surface area contributed by atoms with Crippen LogP contribution < -0.4 is 5.32 Å². The second-order valence-corrected chi connectivity index (χ2v) is 8.52. The van der Waals surface area contributed by atoms with Crippen LogP contribution in [0.15, 0.2) is 36.5 Å². The fraction of sp³-hybridized carbons (Fsp3) is 0.542. The fourth-order valence-corrected chi connectivity index (χ4v) is 4.68. The van der Waals surface area contributed by atoms with Gasteiger partial charge in [0.05, 0.1) is 18.3 Å². The molecule has 1 aromatic carbocycles. The number of piperidine rings is 1. The first-order valence-corrected chi connectivity index (χ1v) is 11.1. The topological polar surface area (TPSA) is 58.1 Å². The minimum Gasteiger partial charge on any atom is -0.356 e. The lowest BCUT2D eigenvalue weighted by Crippen LogP contribution is -2.35. The minimum atomic E-state index is 0.0831. The van der Waals surface area contributed by atoms with Crippen LogP contribution in [0.3, 0.4) is 0 Å². The zero-order chi connectivity index (χ0) is 19.9. The van der Waals surface area contributed by atoms with Crippen molar-refractivity contribution in [3.63, 3.8) is 0 Å². The Labute approximate surface area is 173 Å². The number of aryl methyl sites for hydroxylation is 1. The molecule has 2 aromatic rings. The molecule has 0 bridgehead atoms. The van der Waals surface area contributed by atoms with E-state index in [1.807, 2.05) is 6.20 Å². The van der Waals surface area contributed by atoms with Gasteiger partial charge in [0.1, 0.15) is 0 Å². The van der Waals surface area contributed by atoms with Gasteiger partial charge in [0.15, 0.2) is 0 Å². The summed E-state index contributed by atoms with van der Waals surface area (Å²) in [5.74, 6) is 0.798. The number of benzene rings is 1. The molecule has 1 fully saturated rings. The Kier molecular flexibility index (Phi) is 6.88. The molecule has 1 amide bonds. The van der Waals surface area contributed by atoms with E-state index in [1.54, 1.807) is 0 Å². The molecule has 0 saturated carbocycles. The zero-order valence-electron chi connectivity index (χ0n) is 17.3. The maximum absolute atomic E-state index is 12.4. The van der Waals surface area contributed by atoms with Gasteiger partial charge in [-0.1, -0.05) is 30.3 Å². The Balaban J connectivity index is 1.16. The van der Waals surface area contributed by atoms with Crippen molar-refractivity contribution in [3.05, 3.63) is 58.9 Å². The van der Waals surface area contributed by atoms with Crippen LogP contribution in [0.2, 0.25) is 0 Å². The maximum Gasteiger partial charge on any atom is 0.226 e.